The molecule has 0 radical (unpaired) electrons. The normalized spacial score (nSPS) is 10.2. The molecule has 0 aliphatic heterocycles. The van der Waals surface area contributed by atoms with Crippen LogP contribution in [-0.2, 0) is 4.79 Å². The Kier molecular flexibility index (Phi) is 6.29. The van der Waals surface area contributed by atoms with Gasteiger partial charge in [-0.1, -0.05) is 18.5 Å². The van der Waals surface area contributed by atoms with Crippen LogP contribution in [0, 0.1) is 6.92 Å². The van der Waals surface area contributed by atoms with Gasteiger partial charge in [-0.05, 0) is 61.4 Å². The van der Waals surface area contributed by atoms with Gasteiger partial charge < -0.3 is 15.4 Å². The van der Waals surface area contributed by atoms with Crippen molar-refractivity contribution < 1.29 is 9.53 Å². The lowest BCUT2D eigenvalue weighted by atomic mass is 10.2. The SMILES string of the molecule is CCCOc1ccc(NCC(=O)Nc2ccc(Cl)cc2C)cc1. The van der Waals surface area contributed by atoms with Crippen LogP contribution < -0.4 is 15.4 Å². The van der Waals surface area contributed by atoms with Gasteiger partial charge in [0.2, 0.25) is 5.91 Å². The van der Waals surface area contributed by atoms with Gasteiger partial charge in [0.05, 0.1) is 13.2 Å². The molecule has 0 fully saturated rings. The first-order chi connectivity index (χ1) is 11.1. The van der Waals surface area contributed by atoms with Gasteiger partial charge in [0.15, 0.2) is 0 Å². The van der Waals surface area contributed by atoms with E-state index in [1.807, 2.05) is 37.3 Å². The van der Waals surface area contributed by atoms with Crippen molar-refractivity contribution in [2.75, 3.05) is 23.8 Å². The number of aryl methyl sites for hydroxylation is 1. The molecule has 0 aromatic heterocycles. The summed E-state index contributed by atoms with van der Waals surface area (Å²) in [5.41, 5.74) is 2.57. The van der Waals surface area contributed by atoms with Gasteiger partial charge in [-0.15, -0.1) is 0 Å². The molecule has 1 amide bonds. The second kappa shape index (κ2) is 8.44. The molecule has 0 atom stereocenters. The maximum Gasteiger partial charge on any atom is 0.243 e. The summed E-state index contributed by atoms with van der Waals surface area (Å²) in [5, 5.41) is 6.60. The molecule has 0 spiro atoms. The Morgan fingerprint density at radius 2 is 1.91 bits per heavy atom. The van der Waals surface area contributed by atoms with Crippen molar-refractivity contribution in [3.05, 3.63) is 53.1 Å². The highest BCUT2D eigenvalue weighted by atomic mass is 35.5. The van der Waals surface area contributed by atoms with E-state index in [9.17, 15) is 4.79 Å². The van der Waals surface area contributed by atoms with Gasteiger partial charge in [-0.2, -0.15) is 0 Å². The van der Waals surface area contributed by atoms with Gasteiger partial charge in [0.1, 0.15) is 5.75 Å². The fraction of sp³-hybridized carbons (Fsp3) is 0.278. The van der Waals surface area contributed by atoms with Crippen LogP contribution in [0.25, 0.3) is 0 Å². The fourth-order valence-electron chi connectivity index (χ4n) is 2.03. The number of hydrogen-bond acceptors (Lipinski definition) is 3. The minimum Gasteiger partial charge on any atom is -0.494 e. The second-order valence-electron chi connectivity index (χ2n) is 5.23. The third-order valence-corrected chi connectivity index (χ3v) is 3.48. The molecule has 0 bridgehead atoms. The molecule has 4 nitrogen and oxygen atoms in total. The summed E-state index contributed by atoms with van der Waals surface area (Å²) in [6.45, 7) is 4.87. The van der Waals surface area contributed by atoms with Gasteiger partial charge in [0.25, 0.3) is 0 Å². The minimum absolute atomic E-state index is 0.110. The average molecular weight is 333 g/mol. The molecule has 0 aliphatic carbocycles. The predicted octanol–water partition coefficient (Wildman–Crippen LogP) is 4.49. The lowest BCUT2D eigenvalue weighted by Gasteiger charge is -2.11. The molecule has 23 heavy (non-hydrogen) atoms. The number of amides is 1. The van der Waals surface area contributed by atoms with Crippen LogP contribution >= 0.6 is 11.6 Å². The van der Waals surface area contributed by atoms with Crippen molar-refractivity contribution in [1.82, 2.24) is 0 Å². The summed E-state index contributed by atoms with van der Waals surface area (Å²) in [5.74, 6) is 0.723. The third kappa shape index (κ3) is 5.49. The van der Waals surface area contributed by atoms with Crippen molar-refractivity contribution in [2.24, 2.45) is 0 Å². The molecular weight excluding hydrogens is 312 g/mol. The van der Waals surface area contributed by atoms with E-state index >= 15 is 0 Å². The summed E-state index contributed by atoms with van der Waals surface area (Å²) < 4.78 is 5.52. The second-order valence-corrected chi connectivity index (χ2v) is 5.67. The number of carbonyl (C=O) groups is 1. The first-order valence-electron chi connectivity index (χ1n) is 7.61. The topological polar surface area (TPSA) is 50.4 Å². The highest BCUT2D eigenvalue weighted by Crippen LogP contribution is 2.19. The first kappa shape index (κ1) is 17.2. The molecule has 0 unspecified atom stereocenters. The van der Waals surface area contributed by atoms with Crippen molar-refractivity contribution in [1.29, 1.82) is 0 Å². The average Bonchev–Trinajstić information content (AvgIpc) is 2.54. The maximum atomic E-state index is 12.0. The summed E-state index contributed by atoms with van der Waals surface area (Å²) in [6, 6.07) is 12.9. The van der Waals surface area contributed by atoms with E-state index in [-0.39, 0.29) is 12.5 Å². The molecule has 2 aromatic rings. The Labute approximate surface area is 141 Å². The molecule has 0 aliphatic rings. The number of benzene rings is 2. The Bertz CT molecular complexity index is 657. The van der Waals surface area contributed by atoms with Crippen LogP contribution in [0.2, 0.25) is 5.02 Å². The molecule has 0 heterocycles. The van der Waals surface area contributed by atoms with E-state index in [1.54, 1.807) is 12.1 Å². The number of carbonyl (C=O) groups excluding carboxylic acids is 1. The maximum absolute atomic E-state index is 12.0. The summed E-state index contributed by atoms with van der Waals surface area (Å²) >= 11 is 5.90. The summed E-state index contributed by atoms with van der Waals surface area (Å²) in [7, 11) is 0. The van der Waals surface area contributed by atoms with E-state index in [0.29, 0.717) is 11.6 Å². The summed E-state index contributed by atoms with van der Waals surface area (Å²) in [6.07, 6.45) is 0.976. The van der Waals surface area contributed by atoms with Gasteiger partial charge in [-0.25, -0.2) is 0 Å². The predicted molar refractivity (Wildman–Crippen MR) is 95.5 cm³/mol. The highest BCUT2D eigenvalue weighted by molar-refractivity contribution is 6.30. The zero-order valence-corrected chi connectivity index (χ0v) is 14.1. The summed E-state index contributed by atoms with van der Waals surface area (Å²) in [4.78, 5) is 12.0. The smallest absolute Gasteiger partial charge is 0.243 e. The molecule has 5 heteroatoms. The number of anilines is 2. The van der Waals surface area contributed by atoms with Crippen LogP contribution in [0.3, 0.4) is 0 Å². The fourth-order valence-corrected chi connectivity index (χ4v) is 2.26. The largest absolute Gasteiger partial charge is 0.494 e. The molecule has 0 saturated carbocycles. The third-order valence-electron chi connectivity index (χ3n) is 3.24. The molecular formula is C18H21ClN2O2. The van der Waals surface area contributed by atoms with Crippen molar-refractivity contribution >= 4 is 28.9 Å². The lowest BCUT2D eigenvalue weighted by molar-refractivity contribution is -0.114. The van der Waals surface area contributed by atoms with Crippen LogP contribution in [0.1, 0.15) is 18.9 Å². The zero-order valence-electron chi connectivity index (χ0n) is 13.4. The minimum atomic E-state index is -0.110. The van der Waals surface area contributed by atoms with Crippen molar-refractivity contribution in [3.63, 3.8) is 0 Å². The van der Waals surface area contributed by atoms with Gasteiger partial charge in [0, 0.05) is 16.4 Å². The van der Waals surface area contributed by atoms with Crippen LogP contribution in [0.5, 0.6) is 5.75 Å². The number of ether oxygens (including phenoxy) is 1. The van der Waals surface area contributed by atoms with E-state index in [0.717, 1.165) is 29.1 Å². The Hall–Kier alpha value is -2.20. The molecule has 2 rings (SSSR count). The molecule has 2 aromatic carbocycles. The van der Waals surface area contributed by atoms with Gasteiger partial charge >= 0.3 is 0 Å². The Morgan fingerprint density at radius 1 is 1.17 bits per heavy atom. The monoisotopic (exact) mass is 332 g/mol. The number of hydrogen-bond donors (Lipinski definition) is 2. The molecule has 0 saturated heterocycles. The van der Waals surface area contributed by atoms with Crippen LogP contribution in [-0.4, -0.2) is 19.1 Å². The number of halogens is 1. The van der Waals surface area contributed by atoms with E-state index in [2.05, 4.69) is 17.6 Å². The quantitative estimate of drug-likeness (QED) is 0.785. The molecule has 2 N–H and O–H groups in total. The molecule has 122 valence electrons. The number of rotatable bonds is 7. The zero-order chi connectivity index (χ0) is 16.7. The highest BCUT2D eigenvalue weighted by Gasteiger charge is 2.05. The van der Waals surface area contributed by atoms with E-state index < -0.39 is 0 Å². The Balaban J connectivity index is 1.84. The van der Waals surface area contributed by atoms with E-state index in [1.165, 1.54) is 0 Å². The van der Waals surface area contributed by atoms with Crippen LogP contribution in [0.4, 0.5) is 11.4 Å². The standard InChI is InChI=1S/C18H21ClN2O2/c1-3-10-23-16-7-5-15(6-8-16)20-12-18(22)21-17-9-4-14(19)11-13(17)2/h4-9,11,20H,3,10,12H2,1-2H3,(H,21,22). The Morgan fingerprint density at radius 3 is 2.57 bits per heavy atom. The number of nitrogens with one attached hydrogen (secondary N) is 2. The first-order valence-corrected chi connectivity index (χ1v) is 7.99. The van der Waals surface area contributed by atoms with Crippen molar-refractivity contribution in [2.45, 2.75) is 20.3 Å². The van der Waals surface area contributed by atoms with E-state index in [4.69, 9.17) is 16.3 Å². The van der Waals surface area contributed by atoms with Crippen molar-refractivity contribution in [3.8, 4) is 5.75 Å². The van der Waals surface area contributed by atoms with Gasteiger partial charge in [-0.3, -0.25) is 4.79 Å². The lowest BCUT2D eigenvalue weighted by Crippen LogP contribution is -2.22. The van der Waals surface area contributed by atoms with Crippen LogP contribution in [0.15, 0.2) is 42.5 Å².